The SMILES string of the molecule is CCOc1cc([C@@H](C)N)cc(OCC)c1Br. The van der Waals surface area contributed by atoms with Crippen LogP contribution in [0.25, 0.3) is 0 Å². The summed E-state index contributed by atoms with van der Waals surface area (Å²) in [5, 5.41) is 0. The number of nitrogens with two attached hydrogens (primary N) is 1. The van der Waals surface area contributed by atoms with Crippen molar-refractivity contribution in [3.8, 4) is 11.5 Å². The molecule has 0 saturated heterocycles. The molecule has 0 saturated carbocycles. The Morgan fingerprint density at radius 2 is 1.62 bits per heavy atom. The number of benzene rings is 1. The molecule has 90 valence electrons. The standard InChI is InChI=1S/C12H18BrNO2/c1-4-15-10-6-9(8(3)14)7-11(12(10)13)16-5-2/h6-8H,4-5,14H2,1-3H3/t8-/m1/s1. The molecular weight excluding hydrogens is 270 g/mol. The van der Waals surface area contributed by atoms with Gasteiger partial charge in [-0.15, -0.1) is 0 Å². The van der Waals surface area contributed by atoms with Crippen molar-refractivity contribution < 1.29 is 9.47 Å². The summed E-state index contributed by atoms with van der Waals surface area (Å²) < 4.78 is 11.9. The fourth-order valence-corrected chi connectivity index (χ4v) is 1.83. The van der Waals surface area contributed by atoms with Gasteiger partial charge in [-0.3, -0.25) is 0 Å². The third-order valence-electron chi connectivity index (χ3n) is 2.15. The molecule has 1 atom stereocenters. The van der Waals surface area contributed by atoms with Crippen molar-refractivity contribution in [3.05, 3.63) is 22.2 Å². The van der Waals surface area contributed by atoms with Crippen LogP contribution in [0.5, 0.6) is 11.5 Å². The Balaban J connectivity index is 3.16. The molecule has 16 heavy (non-hydrogen) atoms. The fourth-order valence-electron chi connectivity index (χ4n) is 1.38. The van der Waals surface area contributed by atoms with E-state index in [2.05, 4.69) is 15.9 Å². The number of hydrogen-bond acceptors (Lipinski definition) is 3. The van der Waals surface area contributed by atoms with Crippen molar-refractivity contribution in [2.45, 2.75) is 26.8 Å². The summed E-state index contributed by atoms with van der Waals surface area (Å²) in [6.07, 6.45) is 0. The minimum atomic E-state index is -0.0356. The number of halogens is 1. The van der Waals surface area contributed by atoms with Crippen LogP contribution in [0.1, 0.15) is 32.4 Å². The maximum Gasteiger partial charge on any atom is 0.137 e. The van der Waals surface area contributed by atoms with Gasteiger partial charge < -0.3 is 15.2 Å². The first-order chi connectivity index (χ1) is 7.60. The average Bonchev–Trinajstić information content (AvgIpc) is 2.24. The van der Waals surface area contributed by atoms with Crippen LogP contribution in [0, 0.1) is 0 Å². The van der Waals surface area contributed by atoms with E-state index in [0.29, 0.717) is 13.2 Å². The molecule has 0 aromatic heterocycles. The average molecular weight is 288 g/mol. The highest BCUT2D eigenvalue weighted by atomic mass is 79.9. The van der Waals surface area contributed by atoms with Crippen LogP contribution >= 0.6 is 15.9 Å². The topological polar surface area (TPSA) is 44.5 Å². The minimum Gasteiger partial charge on any atom is -0.493 e. The molecule has 0 aliphatic rings. The van der Waals surface area contributed by atoms with Gasteiger partial charge in [-0.05, 0) is 54.4 Å². The minimum absolute atomic E-state index is 0.0356. The Bertz CT molecular complexity index is 326. The lowest BCUT2D eigenvalue weighted by atomic mass is 10.1. The molecule has 0 aliphatic carbocycles. The largest absolute Gasteiger partial charge is 0.493 e. The molecule has 0 amide bonds. The molecule has 0 aliphatic heterocycles. The van der Waals surface area contributed by atoms with E-state index in [9.17, 15) is 0 Å². The van der Waals surface area contributed by atoms with Crippen LogP contribution in [-0.2, 0) is 0 Å². The van der Waals surface area contributed by atoms with Crippen LogP contribution in [0.15, 0.2) is 16.6 Å². The Morgan fingerprint density at radius 3 is 1.94 bits per heavy atom. The first-order valence-electron chi connectivity index (χ1n) is 5.44. The van der Waals surface area contributed by atoms with Crippen LogP contribution in [0.3, 0.4) is 0 Å². The third kappa shape index (κ3) is 3.12. The molecule has 0 spiro atoms. The van der Waals surface area contributed by atoms with E-state index in [1.807, 2.05) is 32.9 Å². The van der Waals surface area contributed by atoms with E-state index in [0.717, 1.165) is 21.5 Å². The second-order valence-electron chi connectivity index (χ2n) is 3.49. The van der Waals surface area contributed by atoms with E-state index >= 15 is 0 Å². The van der Waals surface area contributed by atoms with E-state index in [4.69, 9.17) is 15.2 Å². The molecule has 0 bridgehead atoms. The first kappa shape index (κ1) is 13.3. The third-order valence-corrected chi connectivity index (χ3v) is 2.94. The second kappa shape index (κ2) is 6.11. The van der Waals surface area contributed by atoms with Gasteiger partial charge in [0.05, 0.1) is 13.2 Å². The van der Waals surface area contributed by atoms with Gasteiger partial charge in [0.2, 0.25) is 0 Å². The highest BCUT2D eigenvalue weighted by Crippen LogP contribution is 2.37. The molecule has 0 heterocycles. The lowest BCUT2D eigenvalue weighted by molar-refractivity contribution is 0.318. The molecule has 1 aromatic rings. The van der Waals surface area contributed by atoms with Gasteiger partial charge in [0.1, 0.15) is 16.0 Å². The highest BCUT2D eigenvalue weighted by molar-refractivity contribution is 9.10. The maximum atomic E-state index is 5.87. The van der Waals surface area contributed by atoms with Gasteiger partial charge in [-0.25, -0.2) is 0 Å². The zero-order valence-electron chi connectivity index (χ0n) is 9.92. The molecule has 1 aromatic carbocycles. The fraction of sp³-hybridized carbons (Fsp3) is 0.500. The number of ether oxygens (including phenoxy) is 2. The van der Waals surface area contributed by atoms with Crippen molar-refractivity contribution >= 4 is 15.9 Å². The molecular formula is C12H18BrNO2. The summed E-state index contributed by atoms with van der Waals surface area (Å²) in [4.78, 5) is 0. The molecule has 3 nitrogen and oxygen atoms in total. The Kier molecular flexibility index (Phi) is 5.09. The van der Waals surface area contributed by atoms with Crippen molar-refractivity contribution in [3.63, 3.8) is 0 Å². The van der Waals surface area contributed by atoms with E-state index in [1.54, 1.807) is 0 Å². The number of hydrogen-bond donors (Lipinski definition) is 1. The maximum absolute atomic E-state index is 5.87. The lowest BCUT2D eigenvalue weighted by Crippen LogP contribution is -2.07. The summed E-state index contributed by atoms with van der Waals surface area (Å²) in [6, 6.07) is 3.85. The van der Waals surface area contributed by atoms with Crippen LogP contribution in [0.4, 0.5) is 0 Å². The molecule has 0 unspecified atom stereocenters. The van der Waals surface area contributed by atoms with Crippen LogP contribution < -0.4 is 15.2 Å². The van der Waals surface area contributed by atoms with E-state index < -0.39 is 0 Å². The highest BCUT2D eigenvalue weighted by Gasteiger charge is 2.12. The van der Waals surface area contributed by atoms with Crippen molar-refractivity contribution in [1.82, 2.24) is 0 Å². The normalized spacial score (nSPS) is 12.3. The quantitative estimate of drug-likeness (QED) is 0.904. The van der Waals surface area contributed by atoms with E-state index in [-0.39, 0.29) is 6.04 Å². The Labute approximate surface area is 105 Å². The van der Waals surface area contributed by atoms with Gasteiger partial charge in [-0.1, -0.05) is 0 Å². The summed E-state index contributed by atoms with van der Waals surface area (Å²) in [7, 11) is 0. The summed E-state index contributed by atoms with van der Waals surface area (Å²) in [5.74, 6) is 1.56. The van der Waals surface area contributed by atoms with Crippen LogP contribution in [0.2, 0.25) is 0 Å². The Morgan fingerprint density at radius 1 is 1.19 bits per heavy atom. The first-order valence-corrected chi connectivity index (χ1v) is 6.24. The van der Waals surface area contributed by atoms with Gasteiger partial charge in [0, 0.05) is 6.04 Å². The zero-order valence-corrected chi connectivity index (χ0v) is 11.5. The van der Waals surface area contributed by atoms with Gasteiger partial charge in [0.25, 0.3) is 0 Å². The summed E-state index contributed by atoms with van der Waals surface area (Å²) >= 11 is 3.48. The Hall–Kier alpha value is -0.740. The number of rotatable bonds is 5. The smallest absolute Gasteiger partial charge is 0.137 e. The predicted octanol–water partition coefficient (Wildman–Crippen LogP) is 3.27. The van der Waals surface area contributed by atoms with E-state index in [1.165, 1.54) is 0 Å². The summed E-state index contributed by atoms with van der Waals surface area (Å²) in [5.41, 5.74) is 6.88. The zero-order chi connectivity index (χ0) is 12.1. The monoisotopic (exact) mass is 287 g/mol. The molecule has 1 rings (SSSR count). The molecule has 0 fully saturated rings. The van der Waals surface area contributed by atoms with Gasteiger partial charge in [-0.2, -0.15) is 0 Å². The van der Waals surface area contributed by atoms with Crippen molar-refractivity contribution in [1.29, 1.82) is 0 Å². The molecule has 2 N–H and O–H groups in total. The molecule has 0 radical (unpaired) electrons. The summed E-state index contributed by atoms with van der Waals surface area (Å²) in [6.45, 7) is 7.07. The van der Waals surface area contributed by atoms with Gasteiger partial charge >= 0.3 is 0 Å². The second-order valence-corrected chi connectivity index (χ2v) is 4.28. The van der Waals surface area contributed by atoms with Crippen molar-refractivity contribution in [2.75, 3.05) is 13.2 Å². The molecule has 4 heteroatoms. The lowest BCUT2D eigenvalue weighted by Gasteiger charge is -2.15. The van der Waals surface area contributed by atoms with Crippen LogP contribution in [-0.4, -0.2) is 13.2 Å². The van der Waals surface area contributed by atoms with Crippen molar-refractivity contribution in [2.24, 2.45) is 5.73 Å². The van der Waals surface area contributed by atoms with Gasteiger partial charge in [0.15, 0.2) is 0 Å². The predicted molar refractivity (Wildman–Crippen MR) is 69.1 cm³/mol.